The summed E-state index contributed by atoms with van der Waals surface area (Å²) >= 11 is 0. The van der Waals surface area contributed by atoms with Crippen LogP contribution < -0.4 is 20.1 Å². The third-order valence-corrected chi connectivity index (χ3v) is 4.03. The van der Waals surface area contributed by atoms with Crippen molar-refractivity contribution in [3.05, 3.63) is 12.1 Å². The van der Waals surface area contributed by atoms with Crippen molar-refractivity contribution in [1.29, 1.82) is 0 Å². The van der Waals surface area contributed by atoms with Gasteiger partial charge in [-0.1, -0.05) is 13.8 Å². The van der Waals surface area contributed by atoms with E-state index >= 15 is 0 Å². The van der Waals surface area contributed by atoms with E-state index in [-0.39, 0.29) is 17.7 Å². The molecule has 2 N–H and O–H groups in total. The van der Waals surface area contributed by atoms with Gasteiger partial charge in [-0.25, -0.2) is 0 Å². The molecule has 27 heavy (non-hydrogen) atoms. The predicted octanol–water partition coefficient (Wildman–Crippen LogP) is 3.59. The highest BCUT2D eigenvalue weighted by Crippen LogP contribution is 2.37. The molecule has 1 unspecified atom stereocenters. The van der Waals surface area contributed by atoms with E-state index in [1.807, 2.05) is 27.7 Å². The number of anilines is 2. The van der Waals surface area contributed by atoms with Crippen molar-refractivity contribution in [2.24, 2.45) is 5.92 Å². The standard InChI is InChI=1S/C20H30N2O5/c1-5-25-17-12-15(22-20(24)16-8-7-9-27-16)18(26-6-2)11-14(17)21-19(23)10-13(3)4/h11-13,16H,5-10H2,1-4H3,(H,21,23)(H,22,24). The maximum Gasteiger partial charge on any atom is 0.253 e. The lowest BCUT2D eigenvalue weighted by atomic mass is 10.1. The maximum absolute atomic E-state index is 12.4. The fourth-order valence-electron chi connectivity index (χ4n) is 2.87. The number of hydrogen-bond acceptors (Lipinski definition) is 5. The van der Waals surface area contributed by atoms with Gasteiger partial charge in [0.15, 0.2) is 0 Å². The van der Waals surface area contributed by atoms with Gasteiger partial charge >= 0.3 is 0 Å². The van der Waals surface area contributed by atoms with E-state index in [0.717, 1.165) is 6.42 Å². The molecule has 0 radical (unpaired) electrons. The van der Waals surface area contributed by atoms with Gasteiger partial charge < -0.3 is 24.8 Å². The molecule has 0 aliphatic carbocycles. The van der Waals surface area contributed by atoms with Crippen LogP contribution in [0.2, 0.25) is 0 Å². The normalized spacial score (nSPS) is 16.3. The molecule has 0 aromatic heterocycles. The van der Waals surface area contributed by atoms with E-state index in [0.29, 0.717) is 55.5 Å². The van der Waals surface area contributed by atoms with Crippen molar-refractivity contribution in [2.45, 2.75) is 53.1 Å². The molecule has 1 atom stereocenters. The lowest BCUT2D eigenvalue weighted by Crippen LogP contribution is -2.27. The van der Waals surface area contributed by atoms with Crippen molar-refractivity contribution >= 4 is 23.2 Å². The minimum atomic E-state index is -0.444. The molecular weight excluding hydrogens is 348 g/mol. The molecule has 1 aromatic rings. The molecule has 1 aliphatic heterocycles. The molecule has 1 aromatic carbocycles. The Balaban J connectivity index is 2.27. The largest absolute Gasteiger partial charge is 0.492 e. The smallest absolute Gasteiger partial charge is 0.253 e. The Hall–Kier alpha value is -2.28. The first-order chi connectivity index (χ1) is 12.9. The van der Waals surface area contributed by atoms with E-state index in [1.54, 1.807) is 12.1 Å². The Kier molecular flexibility index (Phi) is 7.91. The molecule has 2 amide bonds. The molecular formula is C20H30N2O5. The fourth-order valence-corrected chi connectivity index (χ4v) is 2.87. The zero-order valence-electron chi connectivity index (χ0n) is 16.6. The monoisotopic (exact) mass is 378 g/mol. The lowest BCUT2D eigenvalue weighted by molar-refractivity contribution is -0.124. The second-order valence-corrected chi connectivity index (χ2v) is 6.85. The number of benzene rings is 1. The summed E-state index contributed by atoms with van der Waals surface area (Å²) in [7, 11) is 0. The molecule has 0 spiro atoms. The number of hydrogen-bond donors (Lipinski definition) is 2. The summed E-state index contributed by atoms with van der Waals surface area (Å²) in [5, 5.41) is 5.75. The summed E-state index contributed by atoms with van der Waals surface area (Å²) in [5.41, 5.74) is 1.03. The predicted molar refractivity (Wildman–Crippen MR) is 104 cm³/mol. The first-order valence-corrected chi connectivity index (χ1v) is 9.60. The van der Waals surface area contributed by atoms with Gasteiger partial charge in [0.05, 0.1) is 24.6 Å². The van der Waals surface area contributed by atoms with Crippen molar-refractivity contribution < 1.29 is 23.8 Å². The molecule has 0 bridgehead atoms. The van der Waals surface area contributed by atoms with Crippen LogP contribution in [-0.2, 0) is 14.3 Å². The van der Waals surface area contributed by atoms with Crippen LogP contribution in [-0.4, -0.2) is 37.7 Å². The zero-order valence-corrected chi connectivity index (χ0v) is 16.6. The van der Waals surface area contributed by atoms with Crippen LogP contribution >= 0.6 is 0 Å². The summed E-state index contributed by atoms with van der Waals surface area (Å²) in [6, 6.07) is 3.38. The van der Waals surface area contributed by atoms with Crippen LogP contribution in [0.1, 0.15) is 47.0 Å². The van der Waals surface area contributed by atoms with Gasteiger partial charge in [-0.05, 0) is 32.6 Å². The Morgan fingerprint density at radius 1 is 1.11 bits per heavy atom. The van der Waals surface area contributed by atoms with E-state index in [1.165, 1.54) is 0 Å². The summed E-state index contributed by atoms with van der Waals surface area (Å²) in [6.45, 7) is 9.15. The molecule has 1 fully saturated rings. The van der Waals surface area contributed by atoms with Gasteiger partial charge in [-0.15, -0.1) is 0 Å². The minimum Gasteiger partial charge on any atom is -0.492 e. The van der Waals surface area contributed by atoms with Crippen molar-refractivity contribution in [3.8, 4) is 11.5 Å². The molecule has 0 saturated carbocycles. The van der Waals surface area contributed by atoms with Gasteiger partial charge in [0, 0.05) is 25.2 Å². The second-order valence-electron chi connectivity index (χ2n) is 6.85. The average molecular weight is 378 g/mol. The summed E-state index contributed by atoms with van der Waals surface area (Å²) < 4.78 is 16.8. The molecule has 1 heterocycles. The van der Waals surface area contributed by atoms with Crippen molar-refractivity contribution in [3.63, 3.8) is 0 Å². The third kappa shape index (κ3) is 6.13. The minimum absolute atomic E-state index is 0.0930. The third-order valence-electron chi connectivity index (χ3n) is 4.03. The van der Waals surface area contributed by atoms with Gasteiger partial charge in [0.2, 0.25) is 5.91 Å². The topological polar surface area (TPSA) is 85.9 Å². The summed E-state index contributed by atoms with van der Waals surface area (Å²) in [4.78, 5) is 24.6. The SMILES string of the molecule is CCOc1cc(NC(=O)C2CCCO2)c(OCC)cc1NC(=O)CC(C)C. The Bertz CT molecular complexity index is 654. The van der Waals surface area contributed by atoms with Gasteiger partial charge in [-0.3, -0.25) is 9.59 Å². The summed E-state index contributed by atoms with van der Waals surface area (Å²) in [6.07, 6.45) is 1.55. The number of amides is 2. The van der Waals surface area contributed by atoms with Crippen LogP contribution in [0.25, 0.3) is 0 Å². The first-order valence-electron chi connectivity index (χ1n) is 9.60. The Morgan fingerprint density at radius 2 is 1.70 bits per heavy atom. The van der Waals surface area contributed by atoms with E-state index in [4.69, 9.17) is 14.2 Å². The van der Waals surface area contributed by atoms with Crippen LogP contribution in [0.5, 0.6) is 11.5 Å². The van der Waals surface area contributed by atoms with E-state index in [9.17, 15) is 9.59 Å². The van der Waals surface area contributed by atoms with Crippen molar-refractivity contribution in [2.75, 3.05) is 30.5 Å². The number of carbonyl (C=O) groups excluding carboxylic acids is 2. The van der Waals surface area contributed by atoms with Gasteiger partial charge in [0.25, 0.3) is 5.91 Å². The fraction of sp³-hybridized carbons (Fsp3) is 0.600. The zero-order chi connectivity index (χ0) is 19.8. The number of nitrogens with one attached hydrogen (secondary N) is 2. The van der Waals surface area contributed by atoms with E-state index < -0.39 is 6.10 Å². The van der Waals surface area contributed by atoms with Crippen LogP contribution in [0.15, 0.2) is 12.1 Å². The van der Waals surface area contributed by atoms with Gasteiger partial charge in [0.1, 0.15) is 17.6 Å². The second kappa shape index (κ2) is 10.2. The van der Waals surface area contributed by atoms with Gasteiger partial charge in [-0.2, -0.15) is 0 Å². The highest BCUT2D eigenvalue weighted by Gasteiger charge is 2.25. The lowest BCUT2D eigenvalue weighted by Gasteiger charge is -2.19. The molecule has 7 nitrogen and oxygen atoms in total. The molecule has 7 heteroatoms. The molecule has 150 valence electrons. The van der Waals surface area contributed by atoms with Crippen LogP contribution in [0, 0.1) is 5.92 Å². The van der Waals surface area contributed by atoms with E-state index in [2.05, 4.69) is 10.6 Å². The van der Waals surface area contributed by atoms with Crippen molar-refractivity contribution in [1.82, 2.24) is 0 Å². The highest BCUT2D eigenvalue weighted by atomic mass is 16.5. The molecule has 1 saturated heterocycles. The Labute approximate surface area is 160 Å². The van der Waals surface area contributed by atoms with Crippen LogP contribution in [0.3, 0.4) is 0 Å². The quantitative estimate of drug-likeness (QED) is 0.686. The number of rotatable bonds is 9. The first kappa shape index (κ1) is 21.0. The Morgan fingerprint density at radius 3 is 2.19 bits per heavy atom. The average Bonchev–Trinajstić information content (AvgIpc) is 3.12. The summed E-state index contributed by atoms with van der Waals surface area (Å²) in [5.74, 6) is 0.918. The molecule has 2 rings (SSSR count). The number of carbonyl (C=O) groups is 2. The molecule has 1 aliphatic rings. The highest BCUT2D eigenvalue weighted by molar-refractivity contribution is 5.98. The number of ether oxygens (including phenoxy) is 3. The maximum atomic E-state index is 12.4. The van der Waals surface area contributed by atoms with Crippen LogP contribution in [0.4, 0.5) is 11.4 Å².